The Bertz CT molecular complexity index is 615. The molecule has 5 heteroatoms. The highest BCUT2D eigenvalue weighted by Gasteiger charge is 2.14. The van der Waals surface area contributed by atoms with E-state index in [1.807, 2.05) is 43.5 Å². The van der Waals surface area contributed by atoms with Gasteiger partial charge in [0.1, 0.15) is 0 Å². The first-order chi connectivity index (χ1) is 9.61. The smallest absolute Gasteiger partial charge is 0.241 e. The summed E-state index contributed by atoms with van der Waals surface area (Å²) in [7, 11) is 0. The molecule has 3 N–H and O–H groups in total. The van der Waals surface area contributed by atoms with Gasteiger partial charge in [0.15, 0.2) is 0 Å². The standard InChI is InChI=1S/C15H19N3OS/c1-10-6-7-11-4-3-5-13(14(11)17-10)18-15(19)12(16)8-9-20-2/h3-7,12H,8-9,16H2,1-2H3,(H,18,19)/t12-/m0/s1. The molecule has 106 valence electrons. The van der Waals surface area contributed by atoms with E-state index in [2.05, 4.69) is 10.3 Å². The number of amides is 1. The summed E-state index contributed by atoms with van der Waals surface area (Å²) in [6.07, 6.45) is 2.67. The minimum Gasteiger partial charge on any atom is -0.323 e. The van der Waals surface area contributed by atoms with E-state index in [1.165, 1.54) is 0 Å². The Kier molecular flexibility index (Phi) is 4.98. The van der Waals surface area contributed by atoms with Crippen LogP contribution in [0.25, 0.3) is 10.9 Å². The second kappa shape index (κ2) is 6.72. The third-order valence-corrected chi connectivity index (χ3v) is 3.73. The monoisotopic (exact) mass is 289 g/mol. The summed E-state index contributed by atoms with van der Waals surface area (Å²) in [5, 5.41) is 3.89. The van der Waals surface area contributed by atoms with Gasteiger partial charge in [-0.15, -0.1) is 0 Å². The Hall–Kier alpha value is -1.59. The van der Waals surface area contributed by atoms with Gasteiger partial charge in [0.25, 0.3) is 0 Å². The second-order valence-electron chi connectivity index (χ2n) is 4.71. The van der Waals surface area contributed by atoms with Crippen molar-refractivity contribution in [3.8, 4) is 0 Å². The van der Waals surface area contributed by atoms with E-state index in [1.54, 1.807) is 11.8 Å². The van der Waals surface area contributed by atoms with E-state index in [0.29, 0.717) is 6.42 Å². The summed E-state index contributed by atoms with van der Waals surface area (Å²) in [6.45, 7) is 1.93. The van der Waals surface area contributed by atoms with Crippen molar-refractivity contribution < 1.29 is 4.79 Å². The third kappa shape index (κ3) is 3.49. The van der Waals surface area contributed by atoms with Gasteiger partial charge >= 0.3 is 0 Å². The van der Waals surface area contributed by atoms with Gasteiger partial charge in [-0.1, -0.05) is 18.2 Å². The van der Waals surface area contributed by atoms with Crippen LogP contribution in [0.1, 0.15) is 12.1 Å². The number of carbonyl (C=O) groups is 1. The summed E-state index contributed by atoms with van der Waals surface area (Å²) in [6, 6.07) is 9.21. The number of fused-ring (bicyclic) bond motifs is 1. The van der Waals surface area contributed by atoms with Crippen LogP contribution in [0.5, 0.6) is 0 Å². The summed E-state index contributed by atoms with van der Waals surface area (Å²) in [4.78, 5) is 16.6. The zero-order valence-electron chi connectivity index (χ0n) is 11.7. The first-order valence-corrected chi connectivity index (χ1v) is 7.93. The molecular formula is C15H19N3OS. The molecule has 0 aliphatic carbocycles. The van der Waals surface area contributed by atoms with Crippen LogP contribution in [0.2, 0.25) is 0 Å². The van der Waals surface area contributed by atoms with Crippen molar-refractivity contribution in [1.29, 1.82) is 0 Å². The number of rotatable bonds is 5. The fourth-order valence-electron chi connectivity index (χ4n) is 1.95. The van der Waals surface area contributed by atoms with Crippen molar-refractivity contribution in [2.75, 3.05) is 17.3 Å². The van der Waals surface area contributed by atoms with Crippen molar-refractivity contribution in [2.45, 2.75) is 19.4 Å². The van der Waals surface area contributed by atoms with Crippen LogP contribution in [0.3, 0.4) is 0 Å². The van der Waals surface area contributed by atoms with E-state index in [9.17, 15) is 4.79 Å². The first-order valence-electron chi connectivity index (χ1n) is 6.53. The number of nitrogens with two attached hydrogens (primary N) is 1. The zero-order valence-corrected chi connectivity index (χ0v) is 12.5. The van der Waals surface area contributed by atoms with Crippen LogP contribution in [-0.4, -0.2) is 28.9 Å². The predicted octanol–water partition coefficient (Wildman–Crippen LogP) is 2.56. The van der Waals surface area contributed by atoms with Gasteiger partial charge in [-0.3, -0.25) is 9.78 Å². The molecule has 0 fully saturated rings. The Labute approximate surface area is 123 Å². The van der Waals surface area contributed by atoms with E-state index in [4.69, 9.17) is 5.73 Å². The molecule has 1 aromatic carbocycles. The maximum absolute atomic E-state index is 12.1. The van der Waals surface area contributed by atoms with Gasteiger partial charge in [0.2, 0.25) is 5.91 Å². The summed E-state index contributed by atoms with van der Waals surface area (Å²) >= 11 is 1.69. The maximum atomic E-state index is 12.1. The van der Waals surface area contributed by atoms with Crippen LogP contribution in [-0.2, 0) is 4.79 Å². The van der Waals surface area contributed by atoms with E-state index < -0.39 is 6.04 Å². The molecule has 0 aliphatic heterocycles. The van der Waals surface area contributed by atoms with Crippen molar-refractivity contribution >= 4 is 34.3 Å². The number of hydrogen-bond donors (Lipinski definition) is 2. The molecule has 1 aromatic heterocycles. The number of aryl methyl sites for hydroxylation is 1. The summed E-state index contributed by atoms with van der Waals surface area (Å²) in [5.74, 6) is 0.719. The van der Waals surface area contributed by atoms with Gasteiger partial charge in [0, 0.05) is 11.1 Å². The predicted molar refractivity (Wildman–Crippen MR) is 86.1 cm³/mol. The fourth-order valence-corrected chi connectivity index (χ4v) is 2.44. The Morgan fingerprint density at radius 2 is 2.20 bits per heavy atom. The van der Waals surface area contributed by atoms with Crippen LogP contribution in [0.4, 0.5) is 5.69 Å². The number of hydrogen-bond acceptors (Lipinski definition) is 4. The molecule has 0 bridgehead atoms. The number of para-hydroxylation sites is 1. The summed E-state index contributed by atoms with van der Waals surface area (Å²) < 4.78 is 0. The molecule has 2 rings (SSSR count). The van der Waals surface area contributed by atoms with E-state index >= 15 is 0 Å². The number of carbonyl (C=O) groups excluding carboxylic acids is 1. The van der Waals surface area contributed by atoms with Gasteiger partial charge in [0.05, 0.1) is 17.2 Å². The molecule has 0 unspecified atom stereocenters. The molecular weight excluding hydrogens is 270 g/mol. The highest BCUT2D eigenvalue weighted by atomic mass is 32.2. The number of benzene rings is 1. The maximum Gasteiger partial charge on any atom is 0.241 e. The lowest BCUT2D eigenvalue weighted by molar-refractivity contribution is -0.117. The van der Waals surface area contributed by atoms with Gasteiger partial charge in [-0.25, -0.2) is 0 Å². The van der Waals surface area contributed by atoms with E-state index in [0.717, 1.165) is 28.0 Å². The average Bonchev–Trinajstić information content (AvgIpc) is 2.45. The average molecular weight is 289 g/mol. The van der Waals surface area contributed by atoms with Gasteiger partial charge in [-0.2, -0.15) is 11.8 Å². The molecule has 0 aliphatic rings. The number of nitrogens with one attached hydrogen (secondary N) is 1. The van der Waals surface area contributed by atoms with Crippen molar-refractivity contribution in [3.63, 3.8) is 0 Å². The lowest BCUT2D eigenvalue weighted by Gasteiger charge is -2.13. The van der Waals surface area contributed by atoms with Crippen LogP contribution < -0.4 is 11.1 Å². The highest BCUT2D eigenvalue weighted by Crippen LogP contribution is 2.21. The SMILES string of the molecule is CSCC[C@H](N)C(=O)Nc1cccc2ccc(C)nc12. The topological polar surface area (TPSA) is 68.0 Å². The Morgan fingerprint density at radius 3 is 2.95 bits per heavy atom. The normalized spacial score (nSPS) is 12.3. The number of aromatic nitrogens is 1. The van der Waals surface area contributed by atoms with Gasteiger partial charge in [-0.05, 0) is 37.5 Å². The van der Waals surface area contributed by atoms with Crippen LogP contribution in [0.15, 0.2) is 30.3 Å². The number of nitrogens with zero attached hydrogens (tertiary/aromatic N) is 1. The molecule has 0 spiro atoms. The first kappa shape index (κ1) is 14.8. The molecule has 0 radical (unpaired) electrons. The molecule has 4 nitrogen and oxygen atoms in total. The van der Waals surface area contributed by atoms with Crippen LogP contribution in [0, 0.1) is 6.92 Å². The van der Waals surface area contributed by atoms with Crippen molar-refractivity contribution in [2.24, 2.45) is 5.73 Å². The molecule has 1 atom stereocenters. The Balaban J connectivity index is 2.21. The van der Waals surface area contributed by atoms with Crippen molar-refractivity contribution in [1.82, 2.24) is 4.98 Å². The molecule has 20 heavy (non-hydrogen) atoms. The molecule has 0 saturated carbocycles. The minimum absolute atomic E-state index is 0.158. The molecule has 1 amide bonds. The van der Waals surface area contributed by atoms with Crippen LogP contribution >= 0.6 is 11.8 Å². The lowest BCUT2D eigenvalue weighted by Crippen LogP contribution is -2.36. The summed E-state index contributed by atoms with van der Waals surface area (Å²) in [5.41, 5.74) is 8.32. The second-order valence-corrected chi connectivity index (χ2v) is 5.69. The van der Waals surface area contributed by atoms with E-state index in [-0.39, 0.29) is 5.91 Å². The minimum atomic E-state index is -0.484. The highest BCUT2D eigenvalue weighted by molar-refractivity contribution is 7.98. The largest absolute Gasteiger partial charge is 0.323 e. The fraction of sp³-hybridized carbons (Fsp3) is 0.333. The van der Waals surface area contributed by atoms with Gasteiger partial charge < -0.3 is 11.1 Å². The lowest BCUT2D eigenvalue weighted by atomic mass is 10.1. The number of thioether (sulfide) groups is 1. The molecule has 1 heterocycles. The van der Waals surface area contributed by atoms with Crippen molar-refractivity contribution in [3.05, 3.63) is 36.0 Å². The third-order valence-electron chi connectivity index (χ3n) is 3.09. The molecule has 2 aromatic rings. The number of pyridine rings is 1. The quantitative estimate of drug-likeness (QED) is 0.887. The molecule has 0 saturated heterocycles. The Morgan fingerprint density at radius 1 is 1.40 bits per heavy atom. The number of anilines is 1. The zero-order chi connectivity index (χ0) is 14.5.